The van der Waals surface area contributed by atoms with E-state index < -0.39 is 0 Å². The molecular formula is C26H31ClN2O3. The maximum absolute atomic E-state index is 13.0. The molecule has 0 aromatic heterocycles. The lowest BCUT2D eigenvalue weighted by atomic mass is 9.90. The van der Waals surface area contributed by atoms with Gasteiger partial charge in [0.05, 0.1) is 26.4 Å². The van der Waals surface area contributed by atoms with Crippen molar-refractivity contribution in [2.75, 3.05) is 32.2 Å². The summed E-state index contributed by atoms with van der Waals surface area (Å²) >= 11 is 0. The van der Waals surface area contributed by atoms with Crippen molar-refractivity contribution >= 4 is 34.9 Å². The average Bonchev–Trinajstić information content (AvgIpc) is 2.82. The number of amides is 2. The van der Waals surface area contributed by atoms with Crippen molar-refractivity contribution in [3.8, 4) is 5.75 Å². The van der Waals surface area contributed by atoms with E-state index in [0.717, 1.165) is 24.3 Å². The lowest BCUT2D eigenvalue weighted by molar-refractivity contribution is 0.0115. The Labute approximate surface area is 196 Å². The summed E-state index contributed by atoms with van der Waals surface area (Å²) in [7, 11) is 1.62. The topological polar surface area (TPSA) is 50.8 Å². The van der Waals surface area contributed by atoms with Crippen LogP contribution < -0.4 is 10.1 Å². The molecule has 2 amide bonds. The Balaban J connectivity index is 0.00000289. The minimum Gasteiger partial charge on any atom is -0.497 e. The third-order valence-electron chi connectivity index (χ3n) is 6.10. The molecule has 5 nitrogen and oxygen atoms in total. The molecule has 6 heteroatoms. The molecule has 1 heterocycles. The van der Waals surface area contributed by atoms with E-state index >= 15 is 0 Å². The highest BCUT2D eigenvalue weighted by atomic mass is 35.5. The minimum atomic E-state index is -0.0839. The Kier molecular flexibility index (Phi) is 8.37. The molecule has 1 fully saturated rings. The smallest absolute Gasteiger partial charge is 0.322 e. The number of benzene rings is 3. The molecule has 0 bridgehead atoms. The number of hydrogen-bond donors (Lipinski definition) is 1. The van der Waals surface area contributed by atoms with Crippen molar-refractivity contribution in [1.29, 1.82) is 0 Å². The molecule has 1 saturated heterocycles. The van der Waals surface area contributed by atoms with Gasteiger partial charge in [0.2, 0.25) is 0 Å². The summed E-state index contributed by atoms with van der Waals surface area (Å²) in [6.45, 7) is 4.02. The molecule has 0 spiro atoms. The normalized spacial score (nSPS) is 16.8. The number of ether oxygens (including phenoxy) is 2. The van der Waals surface area contributed by atoms with Crippen LogP contribution in [-0.4, -0.2) is 43.8 Å². The maximum Gasteiger partial charge on any atom is 0.322 e. The number of fused-ring (bicyclic) bond motifs is 1. The number of carbonyl (C=O) groups is 1. The first-order valence-electron chi connectivity index (χ1n) is 10.9. The van der Waals surface area contributed by atoms with Crippen LogP contribution in [0.4, 0.5) is 10.5 Å². The lowest BCUT2D eigenvalue weighted by Crippen LogP contribution is -2.50. The fourth-order valence-corrected chi connectivity index (χ4v) is 4.34. The highest BCUT2D eigenvalue weighted by molar-refractivity contribution is 5.90. The van der Waals surface area contributed by atoms with Crippen LogP contribution in [0, 0.1) is 0 Å². The number of morpholine rings is 1. The van der Waals surface area contributed by atoms with Gasteiger partial charge in [-0.3, -0.25) is 0 Å². The number of halogens is 1. The maximum atomic E-state index is 13.0. The molecule has 3 aromatic rings. The van der Waals surface area contributed by atoms with E-state index in [1.807, 2.05) is 29.2 Å². The van der Waals surface area contributed by atoms with E-state index in [-0.39, 0.29) is 24.5 Å². The van der Waals surface area contributed by atoms with Crippen LogP contribution in [0.15, 0.2) is 66.7 Å². The number of anilines is 1. The molecular weight excluding hydrogens is 424 g/mol. The first-order chi connectivity index (χ1) is 15.2. The van der Waals surface area contributed by atoms with Gasteiger partial charge in [0, 0.05) is 18.3 Å². The number of nitrogens with one attached hydrogen (secondary N) is 1. The van der Waals surface area contributed by atoms with Gasteiger partial charge in [-0.1, -0.05) is 55.5 Å². The van der Waals surface area contributed by atoms with Gasteiger partial charge in [-0.15, -0.1) is 12.4 Å². The summed E-state index contributed by atoms with van der Waals surface area (Å²) in [6.07, 6.45) is 1.89. The summed E-state index contributed by atoms with van der Waals surface area (Å²) in [6, 6.07) is 22.5. The summed E-state index contributed by atoms with van der Waals surface area (Å²) < 4.78 is 11.0. The van der Waals surface area contributed by atoms with E-state index in [1.165, 1.54) is 16.3 Å². The third kappa shape index (κ3) is 5.53. The van der Waals surface area contributed by atoms with Gasteiger partial charge < -0.3 is 19.7 Å². The highest BCUT2D eigenvalue weighted by Gasteiger charge is 2.28. The Hall–Kier alpha value is -2.76. The average molecular weight is 455 g/mol. The van der Waals surface area contributed by atoms with Crippen molar-refractivity contribution in [2.24, 2.45) is 0 Å². The second-order valence-corrected chi connectivity index (χ2v) is 8.13. The quantitative estimate of drug-likeness (QED) is 0.490. The molecule has 2 atom stereocenters. The van der Waals surface area contributed by atoms with E-state index in [9.17, 15) is 4.79 Å². The number of urea groups is 1. The predicted molar refractivity (Wildman–Crippen MR) is 132 cm³/mol. The molecule has 0 radical (unpaired) electrons. The molecule has 1 N–H and O–H groups in total. The van der Waals surface area contributed by atoms with Gasteiger partial charge >= 0.3 is 6.03 Å². The summed E-state index contributed by atoms with van der Waals surface area (Å²) in [5.74, 6) is 1.12. The Bertz CT molecular complexity index is 1040. The Morgan fingerprint density at radius 3 is 2.78 bits per heavy atom. The molecule has 1 aliphatic heterocycles. The minimum absolute atomic E-state index is 0. The van der Waals surface area contributed by atoms with Crippen molar-refractivity contribution in [3.63, 3.8) is 0 Å². The zero-order valence-electron chi connectivity index (χ0n) is 18.6. The number of carbonyl (C=O) groups excluding carboxylic acids is 1. The molecule has 170 valence electrons. The third-order valence-corrected chi connectivity index (χ3v) is 6.10. The van der Waals surface area contributed by atoms with Crippen LogP contribution >= 0.6 is 12.4 Å². The molecule has 4 rings (SSSR count). The van der Waals surface area contributed by atoms with E-state index in [1.54, 1.807) is 7.11 Å². The monoisotopic (exact) mass is 454 g/mol. The van der Waals surface area contributed by atoms with E-state index in [0.29, 0.717) is 25.7 Å². The van der Waals surface area contributed by atoms with Gasteiger partial charge in [0.15, 0.2) is 0 Å². The summed E-state index contributed by atoms with van der Waals surface area (Å²) in [4.78, 5) is 14.9. The zero-order chi connectivity index (χ0) is 21.6. The van der Waals surface area contributed by atoms with Crippen LogP contribution in [0.1, 0.15) is 31.2 Å². The number of rotatable bonds is 6. The predicted octanol–water partition coefficient (Wildman–Crippen LogP) is 6.09. The van der Waals surface area contributed by atoms with Crippen LogP contribution in [0.3, 0.4) is 0 Å². The summed E-state index contributed by atoms with van der Waals surface area (Å²) in [5.41, 5.74) is 2.10. The first kappa shape index (κ1) is 23.9. The fraction of sp³-hybridized carbons (Fsp3) is 0.346. The second kappa shape index (κ2) is 11.2. The molecule has 3 aromatic carbocycles. The number of nitrogens with zero attached hydrogens (tertiary/aromatic N) is 1. The molecule has 1 unspecified atom stereocenters. The zero-order valence-corrected chi connectivity index (χ0v) is 19.4. The van der Waals surface area contributed by atoms with Crippen LogP contribution in [-0.2, 0) is 4.74 Å². The summed E-state index contributed by atoms with van der Waals surface area (Å²) in [5, 5.41) is 5.59. The van der Waals surface area contributed by atoms with Crippen LogP contribution in [0.25, 0.3) is 10.8 Å². The molecule has 1 aliphatic rings. The number of hydrogen-bond acceptors (Lipinski definition) is 3. The molecule has 0 aliphatic carbocycles. The van der Waals surface area contributed by atoms with E-state index in [4.69, 9.17) is 9.47 Å². The van der Waals surface area contributed by atoms with Gasteiger partial charge in [0.25, 0.3) is 0 Å². The second-order valence-electron chi connectivity index (χ2n) is 8.13. The first-order valence-corrected chi connectivity index (χ1v) is 10.9. The van der Waals surface area contributed by atoms with Gasteiger partial charge in [-0.05, 0) is 47.2 Å². The number of methoxy groups -OCH3 is 1. The SMILES string of the molecule is COc1cccc(NC(=O)N2CCOCC2CC[C@H](C)c2cccc3ccccc23)c1.Cl. The van der Waals surface area contributed by atoms with Gasteiger partial charge in [0.1, 0.15) is 5.75 Å². The lowest BCUT2D eigenvalue weighted by Gasteiger charge is -2.36. The van der Waals surface area contributed by atoms with Crippen LogP contribution in [0.2, 0.25) is 0 Å². The largest absolute Gasteiger partial charge is 0.497 e. The highest BCUT2D eigenvalue weighted by Crippen LogP contribution is 2.30. The van der Waals surface area contributed by atoms with Gasteiger partial charge in [-0.2, -0.15) is 0 Å². The fourth-order valence-electron chi connectivity index (χ4n) is 4.34. The van der Waals surface area contributed by atoms with Gasteiger partial charge in [-0.25, -0.2) is 4.79 Å². The van der Waals surface area contributed by atoms with Crippen molar-refractivity contribution in [1.82, 2.24) is 4.90 Å². The molecule has 32 heavy (non-hydrogen) atoms. The van der Waals surface area contributed by atoms with Crippen molar-refractivity contribution < 1.29 is 14.3 Å². The Morgan fingerprint density at radius 1 is 1.16 bits per heavy atom. The standard InChI is InChI=1S/C26H30N2O3.ClH/c1-19(24-12-5-8-20-7-3-4-11-25(20)24)13-14-22-18-31-16-15-28(22)26(29)27-21-9-6-10-23(17-21)30-2;/h3-12,17,19,22H,13-16,18H2,1-2H3,(H,27,29);1H/t19-,22?;/m0./s1. The Morgan fingerprint density at radius 2 is 1.94 bits per heavy atom. The van der Waals surface area contributed by atoms with Crippen LogP contribution in [0.5, 0.6) is 5.75 Å². The van der Waals surface area contributed by atoms with Crippen molar-refractivity contribution in [2.45, 2.75) is 31.7 Å². The van der Waals surface area contributed by atoms with Crippen molar-refractivity contribution in [3.05, 3.63) is 72.3 Å². The van der Waals surface area contributed by atoms with E-state index in [2.05, 4.69) is 54.7 Å². The molecule has 0 saturated carbocycles.